The zero-order valence-corrected chi connectivity index (χ0v) is 13.7. The largest absolute Gasteiger partial charge is 0.322 e. The van der Waals surface area contributed by atoms with Crippen molar-refractivity contribution in [3.8, 4) is 11.1 Å². The number of carbonyl (C=O) groups is 1. The van der Waals surface area contributed by atoms with E-state index < -0.39 is 0 Å². The van der Waals surface area contributed by atoms with Crippen LogP contribution >= 0.6 is 11.6 Å². The standard InChI is InChI=1S/C21H16ClNO/c22-18-13-10-16(11-14-18)12-15-21(24)23-20-9-5-4-8-19(20)17-6-2-1-3-7-17/h1-15H,(H,23,24)/b15-12+. The molecule has 3 rings (SSSR count). The molecule has 0 spiro atoms. The minimum Gasteiger partial charge on any atom is -0.322 e. The highest BCUT2D eigenvalue weighted by Gasteiger charge is 2.06. The molecule has 0 bridgehead atoms. The zero-order valence-electron chi connectivity index (χ0n) is 12.9. The van der Waals surface area contributed by atoms with Crippen molar-refractivity contribution >= 4 is 29.3 Å². The summed E-state index contributed by atoms with van der Waals surface area (Å²) in [6.45, 7) is 0. The molecular weight excluding hydrogens is 318 g/mol. The molecule has 0 unspecified atom stereocenters. The van der Waals surface area contributed by atoms with E-state index in [-0.39, 0.29) is 5.91 Å². The van der Waals surface area contributed by atoms with Gasteiger partial charge < -0.3 is 5.32 Å². The number of carbonyl (C=O) groups excluding carboxylic acids is 1. The molecule has 0 aliphatic heterocycles. The molecule has 0 fully saturated rings. The molecule has 1 amide bonds. The summed E-state index contributed by atoms with van der Waals surface area (Å²) < 4.78 is 0. The first-order valence-electron chi connectivity index (χ1n) is 7.61. The summed E-state index contributed by atoms with van der Waals surface area (Å²) in [5, 5.41) is 3.61. The molecule has 3 aromatic rings. The molecule has 0 atom stereocenters. The first-order valence-corrected chi connectivity index (χ1v) is 7.99. The van der Waals surface area contributed by atoms with Crippen LogP contribution in [0.2, 0.25) is 5.02 Å². The topological polar surface area (TPSA) is 29.1 Å². The predicted octanol–water partition coefficient (Wildman–Crippen LogP) is 5.66. The third kappa shape index (κ3) is 4.12. The van der Waals surface area contributed by atoms with Crippen LogP contribution in [-0.4, -0.2) is 5.91 Å². The Hall–Kier alpha value is -2.84. The normalized spacial score (nSPS) is 10.7. The number of halogens is 1. The summed E-state index contributed by atoms with van der Waals surface area (Å²) in [7, 11) is 0. The van der Waals surface area contributed by atoms with Gasteiger partial charge in [-0.2, -0.15) is 0 Å². The Kier molecular flexibility index (Phi) is 5.09. The smallest absolute Gasteiger partial charge is 0.248 e. The van der Waals surface area contributed by atoms with E-state index >= 15 is 0 Å². The van der Waals surface area contributed by atoms with E-state index in [0.717, 1.165) is 22.4 Å². The van der Waals surface area contributed by atoms with Crippen LogP contribution in [0.25, 0.3) is 17.2 Å². The van der Waals surface area contributed by atoms with Gasteiger partial charge in [0.15, 0.2) is 0 Å². The van der Waals surface area contributed by atoms with Crippen LogP contribution < -0.4 is 5.32 Å². The molecule has 1 N–H and O–H groups in total. The van der Waals surface area contributed by atoms with Gasteiger partial charge in [-0.05, 0) is 35.4 Å². The van der Waals surface area contributed by atoms with Crippen molar-refractivity contribution in [3.05, 3.63) is 95.5 Å². The van der Waals surface area contributed by atoms with Crippen molar-refractivity contribution in [2.24, 2.45) is 0 Å². The first-order chi connectivity index (χ1) is 11.7. The van der Waals surface area contributed by atoms with Gasteiger partial charge in [0.2, 0.25) is 5.91 Å². The Balaban J connectivity index is 1.76. The Labute approximate surface area is 146 Å². The van der Waals surface area contributed by atoms with Gasteiger partial charge in [0.05, 0.1) is 0 Å². The Bertz CT molecular complexity index is 855. The average Bonchev–Trinajstić information content (AvgIpc) is 2.62. The molecular formula is C21H16ClNO. The molecule has 118 valence electrons. The first kappa shape index (κ1) is 16.0. The second-order valence-electron chi connectivity index (χ2n) is 5.29. The minimum atomic E-state index is -0.173. The van der Waals surface area contributed by atoms with Crippen LogP contribution in [0.1, 0.15) is 5.56 Å². The van der Waals surface area contributed by atoms with E-state index in [0.29, 0.717) is 5.02 Å². The second-order valence-corrected chi connectivity index (χ2v) is 5.72. The highest BCUT2D eigenvalue weighted by atomic mass is 35.5. The minimum absolute atomic E-state index is 0.173. The van der Waals surface area contributed by atoms with Crippen molar-refractivity contribution in [1.82, 2.24) is 0 Å². The van der Waals surface area contributed by atoms with Crippen LogP contribution in [-0.2, 0) is 4.79 Å². The van der Waals surface area contributed by atoms with E-state index in [1.54, 1.807) is 18.2 Å². The quantitative estimate of drug-likeness (QED) is 0.613. The monoisotopic (exact) mass is 333 g/mol. The van der Waals surface area contributed by atoms with Gasteiger partial charge in [-0.1, -0.05) is 72.3 Å². The molecule has 0 saturated heterocycles. The summed E-state index contributed by atoms with van der Waals surface area (Å²) in [6.07, 6.45) is 3.28. The molecule has 3 aromatic carbocycles. The molecule has 0 aliphatic carbocycles. The van der Waals surface area contributed by atoms with Crippen LogP contribution in [0.4, 0.5) is 5.69 Å². The van der Waals surface area contributed by atoms with E-state index in [9.17, 15) is 4.79 Å². The van der Waals surface area contributed by atoms with Gasteiger partial charge in [0.1, 0.15) is 0 Å². The molecule has 0 saturated carbocycles. The maximum absolute atomic E-state index is 12.2. The highest BCUT2D eigenvalue weighted by molar-refractivity contribution is 6.30. The Morgan fingerprint density at radius 1 is 0.833 bits per heavy atom. The zero-order chi connectivity index (χ0) is 16.8. The number of hydrogen-bond donors (Lipinski definition) is 1. The van der Waals surface area contributed by atoms with E-state index in [2.05, 4.69) is 5.32 Å². The average molecular weight is 334 g/mol. The highest BCUT2D eigenvalue weighted by Crippen LogP contribution is 2.27. The molecule has 2 nitrogen and oxygen atoms in total. The Morgan fingerprint density at radius 3 is 2.25 bits per heavy atom. The fraction of sp³-hybridized carbons (Fsp3) is 0. The summed E-state index contributed by atoms with van der Waals surface area (Å²) in [6, 6.07) is 25.1. The number of nitrogens with one attached hydrogen (secondary N) is 1. The van der Waals surface area contributed by atoms with Gasteiger partial charge in [-0.3, -0.25) is 4.79 Å². The van der Waals surface area contributed by atoms with Crippen molar-refractivity contribution in [2.75, 3.05) is 5.32 Å². The number of amides is 1. The van der Waals surface area contributed by atoms with Crippen molar-refractivity contribution in [3.63, 3.8) is 0 Å². The summed E-state index contributed by atoms with van der Waals surface area (Å²) in [4.78, 5) is 12.2. The molecule has 24 heavy (non-hydrogen) atoms. The van der Waals surface area contributed by atoms with E-state index in [4.69, 9.17) is 11.6 Å². The molecule has 0 aromatic heterocycles. The summed E-state index contributed by atoms with van der Waals surface area (Å²) in [5.41, 5.74) is 3.77. The van der Waals surface area contributed by atoms with Gasteiger partial charge in [-0.25, -0.2) is 0 Å². The third-order valence-corrected chi connectivity index (χ3v) is 3.82. The summed E-state index contributed by atoms with van der Waals surface area (Å²) >= 11 is 5.85. The van der Waals surface area contributed by atoms with Crippen LogP contribution in [0, 0.1) is 0 Å². The van der Waals surface area contributed by atoms with Crippen LogP contribution in [0.3, 0.4) is 0 Å². The SMILES string of the molecule is O=C(/C=C/c1ccc(Cl)cc1)Nc1ccccc1-c1ccccc1. The number of rotatable bonds is 4. The van der Waals surface area contributed by atoms with Gasteiger partial charge >= 0.3 is 0 Å². The number of benzene rings is 3. The van der Waals surface area contributed by atoms with Gasteiger partial charge in [0, 0.05) is 22.3 Å². The summed E-state index contributed by atoms with van der Waals surface area (Å²) in [5.74, 6) is -0.173. The third-order valence-electron chi connectivity index (χ3n) is 3.57. The number of para-hydroxylation sites is 1. The lowest BCUT2D eigenvalue weighted by Gasteiger charge is -2.10. The molecule has 0 heterocycles. The lowest BCUT2D eigenvalue weighted by molar-refractivity contribution is -0.111. The Morgan fingerprint density at radius 2 is 1.50 bits per heavy atom. The van der Waals surface area contributed by atoms with E-state index in [1.165, 1.54) is 6.08 Å². The van der Waals surface area contributed by atoms with Crippen molar-refractivity contribution in [2.45, 2.75) is 0 Å². The second kappa shape index (κ2) is 7.62. The maximum atomic E-state index is 12.2. The lowest BCUT2D eigenvalue weighted by atomic mass is 10.0. The van der Waals surface area contributed by atoms with Gasteiger partial charge in [-0.15, -0.1) is 0 Å². The molecule has 3 heteroatoms. The fourth-order valence-electron chi connectivity index (χ4n) is 2.38. The fourth-order valence-corrected chi connectivity index (χ4v) is 2.51. The van der Waals surface area contributed by atoms with Crippen molar-refractivity contribution < 1.29 is 4.79 Å². The lowest BCUT2D eigenvalue weighted by Crippen LogP contribution is -2.08. The molecule has 0 aliphatic rings. The van der Waals surface area contributed by atoms with E-state index in [1.807, 2.05) is 66.7 Å². The number of anilines is 1. The molecule has 0 radical (unpaired) electrons. The number of hydrogen-bond acceptors (Lipinski definition) is 1. The van der Waals surface area contributed by atoms with Crippen molar-refractivity contribution in [1.29, 1.82) is 0 Å². The van der Waals surface area contributed by atoms with Crippen LogP contribution in [0.5, 0.6) is 0 Å². The van der Waals surface area contributed by atoms with Gasteiger partial charge in [0.25, 0.3) is 0 Å². The van der Waals surface area contributed by atoms with Crippen LogP contribution in [0.15, 0.2) is 84.9 Å². The predicted molar refractivity (Wildman–Crippen MR) is 101 cm³/mol. The maximum Gasteiger partial charge on any atom is 0.248 e.